The molecule has 3 aromatic rings. The highest BCUT2D eigenvalue weighted by atomic mass is 32.2. The van der Waals surface area contributed by atoms with Crippen molar-refractivity contribution in [2.45, 2.75) is 25.2 Å². The van der Waals surface area contributed by atoms with Crippen molar-refractivity contribution in [1.82, 2.24) is 15.0 Å². The molecule has 174 valence electrons. The molecular weight excluding hydrogens is 440 g/mol. The lowest BCUT2D eigenvalue weighted by Gasteiger charge is -2.12. The van der Waals surface area contributed by atoms with E-state index in [-0.39, 0.29) is 5.97 Å². The van der Waals surface area contributed by atoms with Gasteiger partial charge >= 0.3 is 5.97 Å². The number of rotatable bonds is 8. The van der Waals surface area contributed by atoms with Crippen LogP contribution in [0.1, 0.15) is 20.3 Å². The van der Waals surface area contributed by atoms with Crippen molar-refractivity contribution in [3.05, 3.63) is 48.8 Å². The molecule has 0 saturated heterocycles. The van der Waals surface area contributed by atoms with Crippen LogP contribution in [0.4, 0.5) is 17.5 Å². The second-order valence-corrected chi connectivity index (χ2v) is 9.43. The summed E-state index contributed by atoms with van der Waals surface area (Å²) in [5, 5.41) is 15.1. The van der Waals surface area contributed by atoms with E-state index in [0.717, 1.165) is 16.9 Å². The maximum absolute atomic E-state index is 12.0. The number of hydrogen-bond donors (Lipinski definition) is 3. The molecule has 0 saturated carbocycles. The molecule has 1 atom stereocenters. The van der Waals surface area contributed by atoms with E-state index in [9.17, 15) is 9.00 Å². The topological polar surface area (TPSA) is 133 Å². The van der Waals surface area contributed by atoms with Gasteiger partial charge in [-0.05, 0) is 58.7 Å². The monoisotopic (exact) mass is 468 g/mol. The number of ether oxygens (including phenoxy) is 1. The van der Waals surface area contributed by atoms with Gasteiger partial charge in [-0.15, -0.1) is 0 Å². The molecule has 2 heterocycles. The van der Waals surface area contributed by atoms with Gasteiger partial charge in [0.05, 0.1) is 30.4 Å². The lowest BCUT2D eigenvalue weighted by molar-refractivity contribution is -0.140. The predicted molar refractivity (Wildman–Crippen MR) is 132 cm³/mol. The Labute approximate surface area is 194 Å². The van der Waals surface area contributed by atoms with Crippen LogP contribution in [0, 0.1) is 11.3 Å². The number of H-pyrrole nitrogens is 1. The number of aromatic nitrogens is 3. The standard InChI is InChI=1S/C19H20N6OS.C4H8O2/c1-27(2,26)15-8-6-14(7-9-15)24-19-23-13-16(17-5-3-11-21-17)18(25-19)22-12-4-10-20;1-3-6-4(2)5/h3,5-9,11,13,21H,1,4,12H2,2H3,(H2,22,23,24,25);3H2,1-2H3. The van der Waals surface area contributed by atoms with Gasteiger partial charge in [0.2, 0.25) is 5.95 Å². The Morgan fingerprint density at radius 2 is 2.03 bits per heavy atom. The summed E-state index contributed by atoms with van der Waals surface area (Å²) in [6.45, 7) is 4.14. The summed E-state index contributed by atoms with van der Waals surface area (Å²) < 4.78 is 16.4. The van der Waals surface area contributed by atoms with Crippen molar-refractivity contribution in [2.75, 3.05) is 30.0 Å². The maximum atomic E-state index is 12.0. The van der Waals surface area contributed by atoms with Crippen LogP contribution < -0.4 is 10.6 Å². The highest BCUT2D eigenvalue weighted by Crippen LogP contribution is 2.26. The first-order valence-corrected chi connectivity index (χ1v) is 12.3. The molecule has 0 aliphatic rings. The van der Waals surface area contributed by atoms with Crippen LogP contribution in [-0.2, 0) is 19.1 Å². The molecule has 0 bridgehead atoms. The first-order chi connectivity index (χ1) is 15.7. The molecule has 0 radical (unpaired) electrons. The number of nitriles is 1. The smallest absolute Gasteiger partial charge is 0.302 e. The molecule has 3 N–H and O–H groups in total. The Hall–Kier alpha value is -3.84. The molecule has 9 nitrogen and oxygen atoms in total. The lowest BCUT2D eigenvalue weighted by Crippen LogP contribution is -2.07. The van der Waals surface area contributed by atoms with E-state index in [1.807, 2.05) is 30.5 Å². The van der Waals surface area contributed by atoms with Gasteiger partial charge in [-0.25, -0.2) is 4.98 Å². The summed E-state index contributed by atoms with van der Waals surface area (Å²) >= 11 is 0. The first-order valence-electron chi connectivity index (χ1n) is 10.2. The van der Waals surface area contributed by atoms with Crippen LogP contribution in [0.15, 0.2) is 53.7 Å². The molecule has 0 amide bonds. The van der Waals surface area contributed by atoms with E-state index in [4.69, 9.17) is 5.26 Å². The minimum absolute atomic E-state index is 0.211. The Morgan fingerprint density at radius 1 is 1.30 bits per heavy atom. The van der Waals surface area contributed by atoms with Crippen LogP contribution in [0.5, 0.6) is 0 Å². The van der Waals surface area contributed by atoms with Gasteiger partial charge in [-0.1, -0.05) is 0 Å². The summed E-state index contributed by atoms with van der Waals surface area (Å²) in [5.74, 6) is 4.53. The number of esters is 1. The zero-order valence-electron chi connectivity index (χ0n) is 18.9. The first kappa shape index (κ1) is 25.4. The minimum atomic E-state index is -2.24. The van der Waals surface area contributed by atoms with Crippen molar-refractivity contribution < 1.29 is 13.7 Å². The molecule has 33 heavy (non-hydrogen) atoms. The van der Waals surface area contributed by atoms with E-state index in [2.05, 4.69) is 42.3 Å². The zero-order chi connectivity index (χ0) is 24.3. The third-order valence-corrected chi connectivity index (χ3v) is 5.43. The second kappa shape index (κ2) is 12.3. The van der Waals surface area contributed by atoms with Crippen LogP contribution in [-0.4, -0.2) is 50.4 Å². The molecule has 1 unspecified atom stereocenters. The van der Waals surface area contributed by atoms with Gasteiger partial charge in [0.1, 0.15) is 5.82 Å². The summed E-state index contributed by atoms with van der Waals surface area (Å²) in [4.78, 5) is 22.6. The van der Waals surface area contributed by atoms with Crippen molar-refractivity contribution in [1.29, 1.82) is 5.26 Å². The van der Waals surface area contributed by atoms with E-state index in [1.165, 1.54) is 6.92 Å². The van der Waals surface area contributed by atoms with Gasteiger partial charge in [0.15, 0.2) is 0 Å². The largest absolute Gasteiger partial charge is 0.466 e. The highest BCUT2D eigenvalue weighted by Gasteiger charge is 2.10. The summed E-state index contributed by atoms with van der Waals surface area (Å²) in [5.41, 5.74) is 2.48. The van der Waals surface area contributed by atoms with E-state index in [1.54, 1.807) is 31.5 Å². The number of benzene rings is 1. The summed E-state index contributed by atoms with van der Waals surface area (Å²) in [6.07, 6.45) is 5.53. The minimum Gasteiger partial charge on any atom is -0.466 e. The van der Waals surface area contributed by atoms with Crippen molar-refractivity contribution >= 4 is 38.8 Å². The Morgan fingerprint density at radius 3 is 2.55 bits per heavy atom. The average Bonchev–Trinajstić information content (AvgIpc) is 3.29. The normalized spacial score (nSPS) is 11.8. The molecule has 0 fully saturated rings. The van der Waals surface area contributed by atoms with Crippen molar-refractivity contribution in [3.8, 4) is 17.3 Å². The van der Waals surface area contributed by atoms with Crippen LogP contribution in [0.3, 0.4) is 0 Å². The summed E-state index contributed by atoms with van der Waals surface area (Å²) in [6, 6.07) is 13.1. The van der Waals surface area contributed by atoms with Crippen molar-refractivity contribution in [3.63, 3.8) is 0 Å². The molecule has 0 aliphatic heterocycles. The van der Waals surface area contributed by atoms with Crippen LogP contribution >= 0.6 is 0 Å². The van der Waals surface area contributed by atoms with E-state index in [0.29, 0.717) is 36.2 Å². The number of anilines is 3. The van der Waals surface area contributed by atoms with E-state index >= 15 is 0 Å². The van der Waals surface area contributed by atoms with Gasteiger partial charge < -0.3 is 20.4 Å². The molecular formula is C23H28N6O3S. The number of carbonyl (C=O) groups excluding carboxylic acids is 1. The number of aromatic amines is 1. The molecule has 10 heteroatoms. The van der Waals surface area contributed by atoms with Crippen LogP contribution in [0.2, 0.25) is 0 Å². The fourth-order valence-electron chi connectivity index (χ4n) is 2.67. The van der Waals surface area contributed by atoms with Crippen LogP contribution in [0.25, 0.3) is 11.3 Å². The molecule has 0 spiro atoms. The predicted octanol–water partition coefficient (Wildman–Crippen LogP) is 3.82. The quantitative estimate of drug-likeness (QED) is 0.258. The molecule has 3 rings (SSSR count). The Kier molecular flexibility index (Phi) is 9.45. The molecule has 0 aliphatic carbocycles. The zero-order valence-corrected chi connectivity index (χ0v) is 19.7. The molecule has 2 aromatic heterocycles. The highest BCUT2D eigenvalue weighted by molar-refractivity contribution is 7.99. The number of nitrogens with zero attached hydrogens (tertiary/aromatic N) is 3. The van der Waals surface area contributed by atoms with E-state index < -0.39 is 9.52 Å². The number of carbonyl (C=O) groups is 1. The van der Waals surface area contributed by atoms with Gasteiger partial charge in [-0.3, -0.25) is 9.00 Å². The summed E-state index contributed by atoms with van der Waals surface area (Å²) in [7, 11) is -2.24. The van der Waals surface area contributed by atoms with Gasteiger partial charge in [0, 0.05) is 42.7 Å². The second-order valence-electron chi connectivity index (χ2n) is 6.95. The Bertz CT molecular complexity index is 1180. The van der Waals surface area contributed by atoms with Gasteiger partial charge in [0.25, 0.3) is 0 Å². The molecule has 1 aromatic carbocycles. The third-order valence-electron chi connectivity index (χ3n) is 4.16. The fourth-order valence-corrected chi connectivity index (χ4v) is 3.38. The van der Waals surface area contributed by atoms with Gasteiger partial charge in [-0.2, -0.15) is 10.2 Å². The van der Waals surface area contributed by atoms with Crippen molar-refractivity contribution in [2.24, 2.45) is 0 Å². The Balaban J connectivity index is 0.000000569. The third kappa shape index (κ3) is 8.31. The lowest BCUT2D eigenvalue weighted by atomic mass is 10.2. The number of nitrogens with one attached hydrogen (secondary N) is 3. The maximum Gasteiger partial charge on any atom is 0.302 e. The SMILES string of the molecule is C=S(C)(=O)c1ccc(Nc2ncc(-c3ccc[nH]3)c(NCCC#N)n2)cc1.CCOC(C)=O. The number of hydrogen-bond acceptors (Lipinski definition) is 8. The average molecular weight is 469 g/mol. The fraction of sp³-hybridized carbons (Fsp3) is 0.261.